The highest BCUT2D eigenvalue weighted by Gasteiger charge is 2.51. The summed E-state index contributed by atoms with van der Waals surface area (Å²) in [6.07, 6.45) is 0.746. The van der Waals surface area contributed by atoms with Crippen molar-refractivity contribution in [3.8, 4) is 0 Å². The SMILES string of the molecule is O=C1CC(=O)C2(CCCC(=O)N2)C(=O)C1. The van der Waals surface area contributed by atoms with E-state index in [0.29, 0.717) is 19.3 Å². The van der Waals surface area contributed by atoms with Gasteiger partial charge in [-0.3, -0.25) is 19.2 Å². The number of carbonyl (C=O) groups excluding carboxylic acids is 4. The molecule has 1 aliphatic carbocycles. The highest BCUT2D eigenvalue weighted by molar-refractivity contribution is 6.27. The molecular weight excluding hydrogens is 198 g/mol. The standard InChI is InChI=1S/C10H11NO4/c12-6-4-7(13)10(8(14)5-6)3-1-2-9(15)11-10/h1-5H2,(H,11,15). The summed E-state index contributed by atoms with van der Waals surface area (Å²) in [6.45, 7) is 0. The van der Waals surface area contributed by atoms with Gasteiger partial charge in [0.2, 0.25) is 5.91 Å². The number of carbonyl (C=O) groups is 4. The molecule has 0 unspecified atom stereocenters. The molecular formula is C10H11NO4. The van der Waals surface area contributed by atoms with E-state index in [4.69, 9.17) is 0 Å². The van der Waals surface area contributed by atoms with Gasteiger partial charge in [-0.15, -0.1) is 0 Å². The largest absolute Gasteiger partial charge is 0.337 e. The molecule has 2 rings (SSSR count). The Balaban J connectivity index is 2.32. The number of rotatable bonds is 0. The average Bonchev–Trinajstić information content (AvgIpc) is 2.15. The van der Waals surface area contributed by atoms with Crippen LogP contribution < -0.4 is 5.32 Å². The number of hydrogen-bond donors (Lipinski definition) is 1. The number of hydrogen-bond acceptors (Lipinski definition) is 4. The predicted molar refractivity (Wildman–Crippen MR) is 49.0 cm³/mol. The zero-order valence-corrected chi connectivity index (χ0v) is 8.17. The van der Waals surface area contributed by atoms with Gasteiger partial charge in [0.25, 0.3) is 0 Å². The highest BCUT2D eigenvalue weighted by atomic mass is 16.2. The molecule has 1 saturated carbocycles. The third kappa shape index (κ3) is 1.48. The van der Waals surface area contributed by atoms with Gasteiger partial charge in [0.05, 0.1) is 12.8 Å². The monoisotopic (exact) mass is 209 g/mol. The summed E-state index contributed by atoms with van der Waals surface area (Å²) in [5, 5.41) is 2.46. The highest BCUT2D eigenvalue weighted by Crippen LogP contribution is 2.28. The van der Waals surface area contributed by atoms with E-state index in [1.807, 2.05) is 0 Å². The lowest BCUT2D eigenvalue weighted by Crippen LogP contribution is -2.64. The quantitative estimate of drug-likeness (QED) is 0.547. The van der Waals surface area contributed by atoms with Crippen LogP contribution in [0.4, 0.5) is 0 Å². The van der Waals surface area contributed by atoms with Crippen LogP contribution in [0.1, 0.15) is 32.1 Å². The van der Waals surface area contributed by atoms with Crippen LogP contribution in [0.3, 0.4) is 0 Å². The van der Waals surface area contributed by atoms with Crippen LogP contribution in [0.15, 0.2) is 0 Å². The van der Waals surface area contributed by atoms with Crippen LogP contribution in [-0.2, 0) is 19.2 Å². The third-order valence-electron chi connectivity index (χ3n) is 2.98. The summed E-state index contributed by atoms with van der Waals surface area (Å²) < 4.78 is 0. The van der Waals surface area contributed by atoms with Crippen LogP contribution in [-0.4, -0.2) is 28.8 Å². The van der Waals surface area contributed by atoms with E-state index in [1.165, 1.54) is 0 Å². The Kier molecular flexibility index (Phi) is 2.17. The second-order valence-corrected chi connectivity index (χ2v) is 4.05. The second-order valence-electron chi connectivity index (χ2n) is 4.05. The maximum atomic E-state index is 11.7. The van der Waals surface area contributed by atoms with Crippen molar-refractivity contribution in [2.75, 3.05) is 0 Å². The Labute approximate surface area is 86.2 Å². The normalized spacial score (nSPS) is 25.6. The van der Waals surface area contributed by atoms with Crippen LogP contribution in [0, 0.1) is 0 Å². The molecule has 5 nitrogen and oxygen atoms in total. The fourth-order valence-corrected chi connectivity index (χ4v) is 2.17. The number of ketones is 3. The molecule has 1 aliphatic heterocycles. The van der Waals surface area contributed by atoms with E-state index >= 15 is 0 Å². The minimum atomic E-state index is -1.37. The summed E-state index contributed by atoms with van der Waals surface area (Å²) in [4.78, 5) is 45.6. The van der Waals surface area contributed by atoms with Gasteiger partial charge in [0.15, 0.2) is 17.1 Å². The Morgan fingerprint density at radius 1 is 1.00 bits per heavy atom. The lowest BCUT2D eigenvalue weighted by molar-refractivity contribution is -0.149. The number of amides is 1. The van der Waals surface area contributed by atoms with E-state index in [-0.39, 0.29) is 24.5 Å². The van der Waals surface area contributed by atoms with Crippen molar-refractivity contribution in [3.05, 3.63) is 0 Å². The molecule has 0 aromatic heterocycles. The lowest BCUT2D eigenvalue weighted by Gasteiger charge is -2.37. The van der Waals surface area contributed by atoms with E-state index in [9.17, 15) is 19.2 Å². The molecule has 0 bridgehead atoms. The summed E-state index contributed by atoms with van der Waals surface area (Å²) in [5.74, 6) is -1.53. The fourth-order valence-electron chi connectivity index (χ4n) is 2.17. The summed E-state index contributed by atoms with van der Waals surface area (Å²) in [6, 6.07) is 0. The Bertz CT molecular complexity index is 352. The number of piperidine rings is 1. The summed E-state index contributed by atoms with van der Waals surface area (Å²) in [7, 11) is 0. The molecule has 1 spiro atoms. The second kappa shape index (κ2) is 3.25. The van der Waals surface area contributed by atoms with Gasteiger partial charge >= 0.3 is 0 Å². The molecule has 1 N–H and O–H groups in total. The van der Waals surface area contributed by atoms with E-state index in [2.05, 4.69) is 5.32 Å². The van der Waals surface area contributed by atoms with Crippen LogP contribution in [0.5, 0.6) is 0 Å². The van der Waals surface area contributed by atoms with Crippen molar-refractivity contribution in [2.45, 2.75) is 37.6 Å². The first-order chi connectivity index (χ1) is 7.04. The van der Waals surface area contributed by atoms with Crippen LogP contribution in [0.2, 0.25) is 0 Å². The van der Waals surface area contributed by atoms with Gasteiger partial charge in [-0.1, -0.05) is 0 Å². The Hall–Kier alpha value is -1.52. The fraction of sp³-hybridized carbons (Fsp3) is 0.600. The van der Waals surface area contributed by atoms with Gasteiger partial charge in [-0.25, -0.2) is 0 Å². The van der Waals surface area contributed by atoms with Crippen molar-refractivity contribution in [1.82, 2.24) is 5.32 Å². The molecule has 0 atom stereocenters. The zero-order chi connectivity index (χ0) is 11.1. The lowest BCUT2D eigenvalue weighted by atomic mass is 9.74. The van der Waals surface area contributed by atoms with Crippen molar-refractivity contribution < 1.29 is 19.2 Å². The molecule has 2 fully saturated rings. The van der Waals surface area contributed by atoms with Crippen molar-refractivity contribution in [2.24, 2.45) is 0 Å². The molecule has 0 radical (unpaired) electrons. The maximum absolute atomic E-state index is 11.7. The van der Waals surface area contributed by atoms with Crippen LogP contribution >= 0.6 is 0 Å². The van der Waals surface area contributed by atoms with E-state index < -0.39 is 17.1 Å². The number of Topliss-reactive ketones (excluding diaryl/α,β-unsaturated/α-hetero) is 3. The molecule has 80 valence electrons. The first-order valence-corrected chi connectivity index (χ1v) is 4.94. The predicted octanol–water partition coefficient (Wildman–Crippen LogP) is -0.474. The minimum absolute atomic E-state index is 0.230. The molecule has 1 heterocycles. The Morgan fingerprint density at radius 2 is 1.60 bits per heavy atom. The first-order valence-electron chi connectivity index (χ1n) is 4.94. The maximum Gasteiger partial charge on any atom is 0.221 e. The molecule has 1 saturated heterocycles. The first kappa shape index (κ1) is 10.0. The van der Waals surface area contributed by atoms with Crippen LogP contribution in [0.25, 0.3) is 0 Å². The van der Waals surface area contributed by atoms with Gasteiger partial charge in [-0.2, -0.15) is 0 Å². The zero-order valence-electron chi connectivity index (χ0n) is 8.17. The van der Waals surface area contributed by atoms with Crippen molar-refractivity contribution in [1.29, 1.82) is 0 Å². The molecule has 15 heavy (non-hydrogen) atoms. The summed E-state index contributed by atoms with van der Waals surface area (Å²) in [5.41, 5.74) is -1.37. The smallest absolute Gasteiger partial charge is 0.221 e. The van der Waals surface area contributed by atoms with E-state index in [0.717, 1.165) is 0 Å². The van der Waals surface area contributed by atoms with Gasteiger partial charge in [0, 0.05) is 6.42 Å². The Morgan fingerprint density at radius 3 is 2.13 bits per heavy atom. The number of nitrogens with one attached hydrogen (secondary N) is 1. The van der Waals surface area contributed by atoms with Gasteiger partial charge in [-0.05, 0) is 12.8 Å². The molecule has 0 aromatic rings. The summed E-state index contributed by atoms with van der Waals surface area (Å²) >= 11 is 0. The van der Waals surface area contributed by atoms with Crippen molar-refractivity contribution in [3.63, 3.8) is 0 Å². The van der Waals surface area contributed by atoms with E-state index in [1.54, 1.807) is 0 Å². The van der Waals surface area contributed by atoms with Crippen molar-refractivity contribution >= 4 is 23.3 Å². The average molecular weight is 209 g/mol. The third-order valence-corrected chi connectivity index (χ3v) is 2.98. The van der Waals surface area contributed by atoms with Gasteiger partial charge in [0.1, 0.15) is 5.78 Å². The van der Waals surface area contributed by atoms with Gasteiger partial charge < -0.3 is 5.32 Å². The molecule has 2 aliphatic rings. The topological polar surface area (TPSA) is 80.3 Å². The molecule has 0 aromatic carbocycles. The molecule has 1 amide bonds. The molecule has 5 heteroatoms. The minimum Gasteiger partial charge on any atom is -0.337 e.